The zero-order valence-electron chi connectivity index (χ0n) is 5.38. The van der Waals surface area contributed by atoms with Crippen LogP contribution in [0.4, 0.5) is 0 Å². The van der Waals surface area contributed by atoms with Crippen LogP contribution in [-0.4, -0.2) is 6.54 Å². The zero-order chi connectivity index (χ0) is 7.40. The van der Waals surface area contributed by atoms with Gasteiger partial charge in [-0.3, -0.25) is 0 Å². The van der Waals surface area contributed by atoms with Gasteiger partial charge in [0.25, 0.3) is 0 Å². The van der Waals surface area contributed by atoms with E-state index in [0.717, 1.165) is 10.4 Å². The fourth-order valence-electron chi connectivity index (χ4n) is 0.602. The van der Waals surface area contributed by atoms with Gasteiger partial charge in [-0.1, -0.05) is 6.08 Å². The van der Waals surface area contributed by atoms with Crippen molar-refractivity contribution in [3.63, 3.8) is 0 Å². The van der Waals surface area contributed by atoms with E-state index in [-0.39, 0.29) is 0 Å². The SMILES string of the molecule is NCC=Cc1ccc(Br)o1. The number of halogens is 1. The zero-order valence-corrected chi connectivity index (χ0v) is 6.97. The van der Waals surface area contributed by atoms with E-state index in [1.165, 1.54) is 0 Å². The summed E-state index contributed by atoms with van der Waals surface area (Å²) in [6.45, 7) is 0.540. The maximum Gasteiger partial charge on any atom is 0.169 e. The van der Waals surface area contributed by atoms with Crippen LogP contribution in [-0.2, 0) is 0 Å². The molecule has 3 heteroatoms. The Labute approximate surface area is 67.8 Å². The summed E-state index contributed by atoms with van der Waals surface area (Å²) in [7, 11) is 0. The fraction of sp³-hybridized carbons (Fsp3) is 0.143. The molecule has 0 saturated heterocycles. The van der Waals surface area contributed by atoms with Gasteiger partial charge in [0, 0.05) is 6.54 Å². The third-order valence-corrected chi connectivity index (χ3v) is 1.44. The van der Waals surface area contributed by atoms with Crippen molar-refractivity contribution in [2.75, 3.05) is 6.54 Å². The Morgan fingerprint density at radius 1 is 1.60 bits per heavy atom. The van der Waals surface area contributed by atoms with Crippen molar-refractivity contribution in [2.45, 2.75) is 0 Å². The first kappa shape index (κ1) is 7.57. The van der Waals surface area contributed by atoms with E-state index in [4.69, 9.17) is 10.2 Å². The van der Waals surface area contributed by atoms with E-state index in [1.54, 1.807) is 0 Å². The van der Waals surface area contributed by atoms with Gasteiger partial charge in [0.1, 0.15) is 5.76 Å². The predicted octanol–water partition coefficient (Wildman–Crippen LogP) is 2.01. The van der Waals surface area contributed by atoms with Crippen LogP contribution in [0.1, 0.15) is 5.76 Å². The Kier molecular flexibility index (Phi) is 2.71. The average molecular weight is 202 g/mol. The molecule has 1 aromatic heterocycles. The highest BCUT2D eigenvalue weighted by atomic mass is 79.9. The molecule has 0 saturated carbocycles. The van der Waals surface area contributed by atoms with E-state index in [9.17, 15) is 0 Å². The minimum Gasteiger partial charge on any atom is -0.450 e. The molecule has 2 nitrogen and oxygen atoms in total. The topological polar surface area (TPSA) is 39.2 Å². The molecule has 0 aromatic carbocycles. The van der Waals surface area contributed by atoms with Crippen molar-refractivity contribution in [3.8, 4) is 0 Å². The maximum absolute atomic E-state index is 5.24. The van der Waals surface area contributed by atoms with Crippen molar-refractivity contribution in [1.29, 1.82) is 0 Å². The molecule has 0 fully saturated rings. The molecule has 1 rings (SSSR count). The summed E-state index contributed by atoms with van der Waals surface area (Å²) in [5.41, 5.74) is 5.24. The molecule has 0 aliphatic rings. The van der Waals surface area contributed by atoms with E-state index in [1.807, 2.05) is 24.3 Å². The first-order valence-corrected chi connectivity index (χ1v) is 3.74. The minimum absolute atomic E-state index is 0.540. The van der Waals surface area contributed by atoms with Crippen molar-refractivity contribution < 1.29 is 4.42 Å². The lowest BCUT2D eigenvalue weighted by Crippen LogP contribution is -1.91. The predicted molar refractivity (Wildman–Crippen MR) is 44.5 cm³/mol. The Hall–Kier alpha value is -0.540. The average Bonchev–Trinajstić information content (AvgIpc) is 2.31. The van der Waals surface area contributed by atoms with Crippen molar-refractivity contribution in [2.24, 2.45) is 5.73 Å². The summed E-state index contributed by atoms with van der Waals surface area (Å²) in [6.07, 6.45) is 3.68. The Morgan fingerprint density at radius 2 is 2.40 bits per heavy atom. The number of nitrogens with two attached hydrogens (primary N) is 1. The van der Waals surface area contributed by atoms with Gasteiger partial charge >= 0.3 is 0 Å². The summed E-state index contributed by atoms with van der Waals surface area (Å²) in [5.74, 6) is 0.817. The lowest BCUT2D eigenvalue weighted by atomic mass is 10.4. The Balaban J connectivity index is 2.67. The monoisotopic (exact) mass is 201 g/mol. The van der Waals surface area contributed by atoms with Crippen LogP contribution >= 0.6 is 15.9 Å². The molecular formula is C7H8BrNO. The molecule has 0 aliphatic heterocycles. The molecule has 0 amide bonds. The molecule has 10 heavy (non-hydrogen) atoms. The highest BCUT2D eigenvalue weighted by Crippen LogP contribution is 2.14. The van der Waals surface area contributed by atoms with E-state index >= 15 is 0 Å². The number of hydrogen-bond acceptors (Lipinski definition) is 2. The van der Waals surface area contributed by atoms with E-state index in [0.29, 0.717) is 6.54 Å². The third kappa shape index (κ3) is 2.01. The Bertz CT molecular complexity index is 229. The molecule has 0 aliphatic carbocycles. The van der Waals surface area contributed by atoms with Gasteiger partial charge < -0.3 is 10.2 Å². The molecule has 2 N–H and O–H groups in total. The summed E-state index contributed by atoms with van der Waals surface area (Å²) in [5, 5.41) is 0. The van der Waals surface area contributed by atoms with Crippen LogP contribution in [0.2, 0.25) is 0 Å². The number of rotatable bonds is 2. The molecule has 0 unspecified atom stereocenters. The molecule has 1 aromatic rings. The second kappa shape index (κ2) is 3.58. The summed E-state index contributed by atoms with van der Waals surface area (Å²) >= 11 is 3.19. The van der Waals surface area contributed by atoms with Gasteiger partial charge in [-0.15, -0.1) is 0 Å². The molecule has 0 radical (unpaired) electrons. The van der Waals surface area contributed by atoms with E-state index in [2.05, 4.69) is 15.9 Å². The third-order valence-electron chi connectivity index (χ3n) is 1.01. The van der Waals surface area contributed by atoms with Crippen LogP contribution in [0.25, 0.3) is 6.08 Å². The van der Waals surface area contributed by atoms with Gasteiger partial charge in [0.05, 0.1) is 0 Å². The van der Waals surface area contributed by atoms with Crippen LogP contribution in [0.3, 0.4) is 0 Å². The van der Waals surface area contributed by atoms with Gasteiger partial charge in [-0.05, 0) is 34.1 Å². The van der Waals surface area contributed by atoms with Gasteiger partial charge in [0.2, 0.25) is 0 Å². The highest BCUT2D eigenvalue weighted by molar-refractivity contribution is 9.10. The van der Waals surface area contributed by atoms with Gasteiger partial charge in [-0.25, -0.2) is 0 Å². The molecule has 54 valence electrons. The second-order valence-electron chi connectivity index (χ2n) is 1.78. The van der Waals surface area contributed by atoms with Crippen LogP contribution in [0.5, 0.6) is 0 Å². The minimum atomic E-state index is 0.540. The molecule has 1 heterocycles. The second-order valence-corrected chi connectivity index (χ2v) is 2.56. The van der Waals surface area contributed by atoms with Crippen LogP contribution in [0.15, 0.2) is 27.3 Å². The largest absolute Gasteiger partial charge is 0.450 e. The number of hydrogen-bond donors (Lipinski definition) is 1. The lowest BCUT2D eigenvalue weighted by molar-refractivity contribution is 0.531. The van der Waals surface area contributed by atoms with E-state index < -0.39 is 0 Å². The lowest BCUT2D eigenvalue weighted by Gasteiger charge is -1.81. The quantitative estimate of drug-likeness (QED) is 0.796. The maximum atomic E-state index is 5.24. The molecule has 0 spiro atoms. The smallest absolute Gasteiger partial charge is 0.169 e. The number of furan rings is 1. The summed E-state index contributed by atoms with van der Waals surface area (Å²) < 4.78 is 5.90. The normalized spacial score (nSPS) is 11.0. The first-order chi connectivity index (χ1) is 4.83. The van der Waals surface area contributed by atoms with Crippen molar-refractivity contribution >= 4 is 22.0 Å². The fourth-order valence-corrected chi connectivity index (χ4v) is 0.921. The van der Waals surface area contributed by atoms with Gasteiger partial charge in [0.15, 0.2) is 4.67 Å². The molecule has 0 bridgehead atoms. The first-order valence-electron chi connectivity index (χ1n) is 2.95. The van der Waals surface area contributed by atoms with Gasteiger partial charge in [-0.2, -0.15) is 0 Å². The molecular weight excluding hydrogens is 194 g/mol. The standard InChI is InChI=1S/C7H8BrNO/c8-7-4-3-6(10-7)2-1-5-9/h1-4H,5,9H2. The highest BCUT2D eigenvalue weighted by Gasteiger charge is 1.91. The van der Waals surface area contributed by atoms with Crippen molar-refractivity contribution in [1.82, 2.24) is 0 Å². The molecule has 0 atom stereocenters. The van der Waals surface area contributed by atoms with Crippen LogP contribution < -0.4 is 5.73 Å². The van der Waals surface area contributed by atoms with Crippen LogP contribution in [0, 0.1) is 0 Å². The summed E-state index contributed by atoms with van der Waals surface area (Å²) in [4.78, 5) is 0. The Morgan fingerprint density at radius 3 is 2.90 bits per heavy atom. The van der Waals surface area contributed by atoms with Crippen molar-refractivity contribution in [3.05, 3.63) is 28.6 Å². The summed E-state index contributed by atoms with van der Waals surface area (Å²) in [6, 6.07) is 3.71.